The number of nitrogens with zero attached hydrogens (tertiary/aromatic N) is 3. The Balaban J connectivity index is 1.58. The first-order chi connectivity index (χ1) is 16.9. The maximum atomic E-state index is 13.3. The third-order valence-electron chi connectivity index (χ3n) is 6.05. The molecule has 0 aliphatic heterocycles. The smallest absolute Gasteiger partial charge is 0.228 e. The van der Waals surface area contributed by atoms with Crippen LogP contribution in [0.3, 0.4) is 0 Å². The van der Waals surface area contributed by atoms with Crippen molar-refractivity contribution in [1.82, 2.24) is 14.5 Å². The summed E-state index contributed by atoms with van der Waals surface area (Å²) in [5.74, 6) is -0.244. The van der Waals surface area contributed by atoms with Crippen molar-refractivity contribution in [3.63, 3.8) is 0 Å². The molecule has 0 spiro atoms. The minimum absolute atomic E-state index is 0.00156. The maximum Gasteiger partial charge on any atom is 0.228 e. The van der Waals surface area contributed by atoms with Gasteiger partial charge in [-0.15, -0.1) is 0 Å². The van der Waals surface area contributed by atoms with E-state index in [1.807, 2.05) is 30.3 Å². The van der Waals surface area contributed by atoms with E-state index in [1.165, 1.54) is 30.5 Å². The fraction of sp³-hybridized carbons (Fsp3) is 0.385. The van der Waals surface area contributed by atoms with E-state index in [1.54, 1.807) is 16.6 Å². The molecule has 0 atom stereocenters. The molecule has 1 heterocycles. The van der Waals surface area contributed by atoms with Crippen molar-refractivity contribution < 1.29 is 22.3 Å². The summed E-state index contributed by atoms with van der Waals surface area (Å²) in [7, 11) is -2.26. The number of carbonyl (C=O) groups is 1. The first-order valence-electron chi connectivity index (χ1n) is 11.7. The molecule has 0 saturated heterocycles. The fourth-order valence-corrected chi connectivity index (χ4v) is 5.52. The van der Waals surface area contributed by atoms with Gasteiger partial charge in [-0.25, -0.2) is 17.8 Å². The van der Waals surface area contributed by atoms with Gasteiger partial charge in [-0.2, -0.15) is 0 Å². The number of amides is 1. The van der Waals surface area contributed by atoms with Gasteiger partial charge in [0.15, 0.2) is 0 Å². The van der Waals surface area contributed by atoms with Gasteiger partial charge in [0.1, 0.15) is 5.82 Å². The van der Waals surface area contributed by atoms with Gasteiger partial charge < -0.3 is 14.2 Å². The van der Waals surface area contributed by atoms with Gasteiger partial charge in [0.25, 0.3) is 0 Å². The van der Waals surface area contributed by atoms with Crippen molar-refractivity contribution in [2.45, 2.75) is 43.3 Å². The molecule has 3 aromatic rings. The predicted molar refractivity (Wildman–Crippen MR) is 130 cm³/mol. The van der Waals surface area contributed by atoms with Crippen LogP contribution in [0, 0.1) is 11.7 Å². The summed E-state index contributed by atoms with van der Waals surface area (Å²) < 4.78 is 46.6. The normalized spacial score (nSPS) is 13.7. The topological polar surface area (TPSA) is 81.5 Å². The lowest BCUT2D eigenvalue weighted by Gasteiger charge is -2.24. The highest BCUT2D eigenvalue weighted by Gasteiger charge is 2.29. The molecule has 1 aliphatic carbocycles. The Morgan fingerprint density at radius 1 is 1.11 bits per heavy atom. The third-order valence-corrected chi connectivity index (χ3v) is 7.64. The van der Waals surface area contributed by atoms with Crippen LogP contribution >= 0.6 is 0 Å². The number of hydrogen-bond donors (Lipinski definition) is 0. The van der Waals surface area contributed by atoms with Crippen molar-refractivity contribution >= 4 is 15.7 Å². The van der Waals surface area contributed by atoms with E-state index >= 15 is 0 Å². The quantitative estimate of drug-likeness (QED) is 0.380. The number of carbonyl (C=O) groups excluding carboxylic acids is 1. The molecule has 1 aliphatic rings. The van der Waals surface area contributed by atoms with Gasteiger partial charge in [-0.3, -0.25) is 4.79 Å². The molecule has 9 heteroatoms. The summed E-state index contributed by atoms with van der Waals surface area (Å²) in [4.78, 5) is 19.3. The van der Waals surface area contributed by atoms with Crippen LogP contribution < -0.4 is 0 Å². The molecule has 1 amide bonds. The summed E-state index contributed by atoms with van der Waals surface area (Å²) in [6.45, 7) is 1.49. The van der Waals surface area contributed by atoms with E-state index in [2.05, 4.69) is 4.98 Å². The molecule has 2 aromatic carbocycles. The van der Waals surface area contributed by atoms with Gasteiger partial charge in [0.2, 0.25) is 20.9 Å². The molecule has 4 rings (SSSR count). The number of methoxy groups -OCH3 is 1. The zero-order valence-corrected chi connectivity index (χ0v) is 20.6. The lowest BCUT2D eigenvalue weighted by molar-refractivity contribution is -0.131. The number of benzene rings is 2. The van der Waals surface area contributed by atoms with Gasteiger partial charge in [0, 0.05) is 20.2 Å². The number of ether oxygens (including phenoxy) is 1. The van der Waals surface area contributed by atoms with Crippen molar-refractivity contribution in [3.8, 4) is 0 Å². The Bertz CT molecular complexity index is 1240. The second-order valence-electron chi connectivity index (χ2n) is 8.94. The van der Waals surface area contributed by atoms with Crippen LogP contribution in [0.5, 0.6) is 0 Å². The fourth-order valence-electron chi connectivity index (χ4n) is 4.00. The molecule has 0 unspecified atom stereocenters. The molecule has 0 radical (unpaired) electrons. The van der Waals surface area contributed by atoms with Crippen LogP contribution in [0.1, 0.15) is 29.7 Å². The number of halogens is 1. The van der Waals surface area contributed by atoms with Crippen LogP contribution in [0.15, 0.2) is 66.0 Å². The molecular weight excluding hydrogens is 469 g/mol. The van der Waals surface area contributed by atoms with Crippen LogP contribution in [0.4, 0.5) is 4.39 Å². The molecule has 1 aromatic heterocycles. The number of sulfone groups is 1. The Morgan fingerprint density at radius 2 is 1.83 bits per heavy atom. The van der Waals surface area contributed by atoms with Crippen LogP contribution in [0.2, 0.25) is 0 Å². The minimum Gasteiger partial charge on any atom is -0.383 e. The summed E-state index contributed by atoms with van der Waals surface area (Å²) in [6, 6.07) is 15.0. The van der Waals surface area contributed by atoms with E-state index in [0.717, 1.165) is 18.4 Å². The third kappa shape index (κ3) is 6.76. The highest BCUT2D eigenvalue weighted by molar-refractivity contribution is 7.90. The average Bonchev–Trinajstić information content (AvgIpc) is 3.56. The van der Waals surface area contributed by atoms with Crippen LogP contribution in [-0.2, 0) is 44.6 Å². The van der Waals surface area contributed by atoms with E-state index in [-0.39, 0.29) is 36.3 Å². The minimum atomic E-state index is -3.81. The Labute approximate surface area is 205 Å². The molecule has 7 nitrogen and oxygen atoms in total. The molecule has 0 N–H and O–H groups in total. The van der Waals surface area contributed by atoms with E-state index in [9.17, 15) is 17.6 Å². The number of aromatic nitrogens is 2. The highest BCUT2D eigenvalue weighted by Crippen LogP contribution is 2.30. The summed E-state index contributed by atoms with van der Waals surface area (Å²) in [6.07, 6.45) is 4.00. The SMILES string of the molecule is COCCn1c(CN(CC2CC2)C(=O)Cc2ccccc2)cnc1S(=O)(=O)Cc1ccc(F)cc1. The Hall–Kier alpha value is -3.04. The number of rotatable bonds is 12. The van der Waals surface area contributed by atoms with Crippen LogP contribution in [-0.4, -0.2) is 49.0 Å². The first kappa shape index (κ1) is 25.1. The highest BCUT2D eigenvalue weighted by atomic mass is 32.2. The molecule has 35 heavy (non-hydrogen) atoms. The first-order valence-corrected chi connectivity index (χ1v) is 13.3. The van der Waals surface area contributed by atoms with Crippen molar-refractivity contribution in [1.29, 1.82) is 0 Å². The van der Waals surface area contributed by atoms with Gasteiger partial charge in [-0.05, 0) is 42.0 Å². The summed E-state index contributed by atoms with van der Waals surface area (Å²) in [5, 5.41) is -0.0734. The van der Waals surface area contributed by atoms with E-state index < -0.39 is 15.7 Å². The van der Waals surface area contributed by atoms with Crippen LogP contribution in [0.25, 0.3) is 0 Å². The second-order valence-corrected chi connectivity index (χ2v) is 10.8. The average molecular weight is 500 g/mol. The van der Waals surface area contributed by atoms with E-state index in [4.69, 9.17) is 4.74 Å². The lowest BCUT2D eigenvalue weighted by atomic mass is 10.1. The monoisotopic (exact) mass is 499 g/mol. The molecule has 0 bridgehead atoms. The zero-order chi connectivity index (χ0) is 24.8. The van der Waals surface area contributed by atoms with Gasteiger partial charge >= 0.3 is 0 Å². The van der Waals surface area contributed by atoms with E-state index in [0.29, 0.717) is 30.3 Å². The molecular formula is C26H30FN3O4S. The van der Waals surface area contributed by atoms with Crippen molar-refractivity contribution in [2.75, 3.05) is 20.3 Å². The number of hydrogen-bond acceptors (Lipinski definition) is 5. The van der Waals surface area contributed by atoms with Crippen molar-refractivity contribution in [3.05, 3.63) is 83.4 Å². The Kier molecular flexibility index (Phi) is 7.97. The zero-order valence-electron chi connectivity index (χ0n) is 19.8. The summed E-state index contributed by atoms with van der Waals surface area (Å²) >= 11 is 0. The molecule has 1 saturated carbocycles. The maximum absolute atomic E-state index is 13.3. The van der Waals surface area contributed by atoms with Gasteiger partial charge in [-0.1, -0.05) is 42.5 Å². The molecule has 1 fully saturated rings. The van der Waals surface area contributed by atoms with Gasteiger partial charge in [0.05, 0.1) is 37.2 Å². The standard InChI is InChI=1S/C26H30FN3O4S/c1-34-14-13-30-24(16-28-26(30)35(32,33)19-22-9-11-23(27)12-10-22)18-29(17-21-7-8-21)25(31)15-20-5-3-2-4-6-20/h2-6,9-12,16,21H,7-8,13-15,17-19H2,1H3. The lowest BCUT2D eigenvalue weighted by Crippen LogP contribution is -2.34. The Morgan fingerprint density at radius 3 is 2.49 bits per heavy atom. The second kappa shape index (κ2) is 11.1. The molecule has 186 valence electrons. The number of imidazole rings is 1. The summed E-state index contributed by atoms with van der Waals surface area (Å²) in [5.41, 5.74) is 2.05. The largest absolute Gasteiger partial charge is 0.383 e. The predicted octanol–water partition coefficient (Wildman–Crippen LogP) is 3.62. The van der Waals surface area contributed by atoms with Crippen molar-refractivity contribution in [2.24, 2.45) is 5.92 Å².